The van der Waals surface area contributed by atoms with Crippen molar-refractivity contribution in [3.63, 3.8) is 0 Å². The molecule has 0 bridgehead atoms. The Balaban J connectivity index is 0.00000261. The van der Waals surface area contributed by atoms with E-state index in [4.69, 9.17) is 0 Å². The molecule has 0 unspecified atom stereocenters. The first-order valence-electron chi connectivity index (χ1n) is 8.01. The number of amides is 1. The monoisotopic (exact) mass is 410 g/mol. The summed E-state index contributed by atoms with van der Waals surface area (Å²) >= 11 is 1.13. The summed E-state index contributed by atoms with van der Waals surface area (Å²) in [6, 6.07) is 4.44. The number of rotatable bonds is 6. The van der Waals surface area contributed by atoms with Crippen LogP contribution in [0.25, 0.3) is 0 Å². The fourth-order valence-corrected chi connectivity index (χ4v) is 3.33. The molecule has 2 heterocycles. The van der Waals surface area contributed by atoms with E-state index in [-0.39, 0.29) is 29.6 Å². The van der Waals surface area contributed by atoms with Crippen LogP contribution in [-0.2, 0) is 7.05 Å². The second-order valence-corrected chi connectivity index (χ2v) is 6.77. The van der Waals surface area contributed by atoms with Crippen LogP contribution in [-0.4, -0.2) is 45.2 Å². The van der Waals surface area contributed by atoms with E-state index >= 15 is 0 Å². The topological polar surface area (TPSA) is 115 Å². The number of halogens is 1. The highest BCUT2D eigenvalue weighted by Crippen LogP contribution is 2.34. The average Bonchev–Trinajstić information content (AvgIpc) is 3.05. The number of nitro groups is 1. The van der Waals surface area contributed by atoms with Gasteiger partial charge in [-0.1, -0.05) is 11.6 Å². The molecule has 1 amide bonds. The molecule has 1 aliphatic rings. The third-order valence-corrected chi connectivity index (χ3v) is 5.04. The van der Waals surface area contributed by atoms with Gasteiger partial charge in [-0.25, -0.2) is 0 Å². The molecule has 0 saturated heterocycles. The predicted molar refractivity (Wildman–Crippen MR) is 103 cm³/mol. The fraction of sp³-hybridized carbons (Fsp3) is 0.312. The third kappa shape index (κ3) is 5.28. The normalized spacial score (nSPS) is 13.4. The Bertz CT molecular complexity index is 870. The van der Waals surface area contributed by atoms with Gasteiger partial charge < -0.3 is 15.2 Å². The third-order valence-electron chi connectivity index (χ3n) is 3.92. The van der Waals surface area contributed by atoms with Gasteiger partial charge in [0.05, 0.1) is 9.82 Å². The van der Waals surface area contributed by atoms with Crippen LogP contribution in [0.2, 0.25) is 0 Å². The van der Waals surface area contributed by atoms with Crippen molar-refractivity contribution >= 4 is 35.8 Å². The molecule has 144 valence electrons. The zero-order chi connectivity index (χ0) is 18.5. The summed E-state index contributed by atoms with van der Waals surface area (Å²) in [5.41, 5.74) is 1.28. The zero-order valence-electron chi connectivity index (χ0n) is 14.5. The first-order chi connectivity index (χ1) is 12.5. The summed E-state index contributed by atoms with van der Waals surface area (Å²) in [5.74, 6) is -0.331. The highest BCUT2D eigenvalue weighted by Gasteiger charge is 2.20. The molecule has 2 aromatic rings. The van der Waals surface area contributed by atoms with Crippen molar-refractivity contribution in [3.05, 3.63) is 51.9 Å². The van der Waals surface area contributed by atoms with E-state index in [0.29, 0.717) is 16.6 Å². The molecule has 3 rings (SSSR count). The van der Waals surface area contributed by atoms with E-state index in [2.05, 4.69) is 20.8 Å². The van der Waals surface area contributed by atoms with Crippen LogP contribution in [0.5, 0.6) is 0 Å². The lowest BCUT2D eigenvalue weighted by molar-refractivity contribution is -0.387. The SMILES string of the molecule is Cl.Cn1cnnc1Sc1ccc(C(=O)NCC2=CCNCC2)cc1[N+](=O)[O-]. The first-order valence-corrected chi connectivity index (χ1v) is 8.83. The summed E-state index contributed by atoms with van der Waals surface area (Å²) in [5, 5.41) is 25.6. The van der Waals surface area contributed by atoms with E-state index in [9.17, 15) is 14.9 Å². The Labute approximate surface area is 166 Å². The fourth-order valence-electron chi connectivity index (χ4n) is 2.48. The number of nitro benzene ring substituents is 1. The molecule has 1 aliphatic heterocycles. The minimum atomic E-state index is -0.495. The van der Waals surface area contributed by atoms with Gasteiger partial charge in [-0.15, -0.1) is 22.6 Å². The lowest BCUT2D eigenvalue weighted by Crippen LogP contribution is -2.29. The standard InChI is InChI=1S/C16H18N6O3S.ClH/c1-21-10-19-20-16(21)26-14-3-2-12(8-13(14)22(24)25)15(23)18-9-11-4-6-17-7-5-11;/h2-4,8,10,17H,5-7,9H2,1H3,(H,18,23);1H. The van der Waals surface area contributed by atoms with Crippen LogP contribution in [0, 0.1) is 10.1 Å². The van der Waals surface area contributed by atoms with E-state index in [1.165, 1.54) is 12.4 Å². The van der Waals surface area contributed by atoms with Crippen molar-refractivity contribution in [2.24, 2.45) is 7.05 Å². The van der Waals surface area contributed by atoms with Gasteiger partial charge in [0.25, 0.3) is 11.6 Å². The number of hydrogen-bond donors (Lipinski definition) is 2. The van der Waals surface area contributed by atoms with Crippen molar-refractivity contribution in [2.75, 3.05) is 19.6 Å². The highest BCUT2D eigenvalue weighted by molar-refractivity contribution is 7.99. The zero-order valence-corrected chi connectivity index (χ0v) is 16.2. The molecular formula is C16H19ClN6O3S. The number of nitrogens with one attached hydrogen (secondary N) is 2. The molecule has 1 aromatic carbocycles. The molecule has 0 atom stereocenters. The summed E-state index contributed by atoms with van der Waals surface area (Å²) < 4.78 is 1.67. The van der Waals surface area contributed by atoms with Gasteiger partial charge in [-0.2, -0.15) is 0 Å². The van der Waals surface area contributed by atoms with Gasteiger partial charge in [-0.3, -0.25) is 14.9 Å². The molecule has 0 aliphatic carbocycles. The Kier molecular flexibility index (Phi) is 7.34. The predicted octanol–water partition coefficient (Wildman–Crippen LogP) is 1.95. The van der Waals surface area contributed by atoms with Gasteiger partial charge in [-0.05, 0) is 36.9 Å². The van der Waals surface area contributed by atoms with Crippen molar-refractivity contribution in [3.8, 4) is 0 Å². The number of aryl methyl sites for hydroxylation is 1. The molecule has 0 fully saturated rings. The van der Waals surface area contributed by atoms with Crippen LogP contribution in [0.3, 0.4) is 0 Å². The second-order valence-electron chi connectivity index (χ2n) is 5.77. The summed E-state index contributed by atoms with van der Waals surface area (Å²) in [7, 11) is 1.76. The van der Waals surface area contributed by atoms with Crippen LogP contribution in [0.15, 0.2) is 46.2 Å². The lowest BCUT2D eigenvalue weighted by Gasteiger charge is -2.14. The maximum Gasteiger partial charge on any atom is 0.284 e. The Morgan fingerprint density at radius 3 is 2.93 bits per heavy atom. The molecule has 0 radical (unpaired) electrons. The molecule has 27 heavy (non-hydrogen) atoms. The van der Waals surface area contributed by atoms with Crippen molar-refractivity contribution < 1.29 is 9.72 Å². The number of benzene rings is 1. The number of hydrogen-bond acceptors (Lipinski definition) is 7. The smallest absolute Gasteiger partial charge is 0.284 e. The van der Waals surface area contributed by atoms with Crippen LogP contribution in [0.4, 0.5) is 5.69 Å². The van der Waals surface area contributed by atoms with Gasteiger partial charge >= 0.3 is 0 Å². The molecule has 11 heteroatoms. The summed E-state index contributed by atoms with van der Waals surface area (Å²) in [6.45, 7) is 2.13. The van der Waals surface area contributed by atoms with Gasteiger partial charge in [0.1, 0.15) is 6.33 Å². The summed E-state index contributed by atoms with van der Waals surface area (Å²) in [6.07, 6.45) is 4.45. The van der Waals surface area contributed by atoms with Crippen LogP contribution >= 0.6 is 24.2 Å². The largest absolute Gasteiger partial charge is 0.348 e. The quantitative estimate of drug-likeness (QED) is 0.424. The van der Waals surface area contributed by atoms with Gasteiger partial charge in [0.15, 0.2) is 5.16 Å². The van der Waals surface area contributed by atoms with E-state index in [0.717, 1.165) is 36.8 Å². The molecular weight excluding hydrogens is 392 g/mol. The molecule has 2 N–H and O–H groups in total. The van der Waals surface area contributed by atoms with E-state index in [1.807, 2.05) is 6.08 Å². The minimum Gasteiger partial charge on any atom is -0.348 e. The van der Waals surface area contributed by atoms with E-state index < -0.39 is 4.92 Å². The maximum absolute atomic E-state index is 12.3. The van der Waals surface area contributed by atoms with Crippen molar-refractivity contribution in [1.82, 2.24) is 25.4 Å². The first kappa shape index (κ1) is 20.9. The summed E-state index contributed by atoms with van der Waals surface area (Å²) in [4.78, 5) is 23.7. The van der Waals surface area contributed by atoms with Gasteiger partial charge in [0, 0.05) is 31.8 Å². The van der Waals surface area contributed by atoms with Crippen molar-refractivity contribution in [2.45, 2.75) is 16.5 Å². The molecule has 9 nitrogen and oxygen atoms in total. The van der Waals surface area contributed by atoms with Crippen LogP contribution < -0.4 is 10.6 Å². The highest BCUT2D eigenvalue weighted by atomic mass is 35.5. The molecule has 1 aromatic heterocycles. The number of aromatic nitrogens is 3. The minimum absolute atomic E-state index is 0. The molecule has 0 saturated carbocycles. The van der Waals surface area contributed by atoms with Crippen molar-refractivity contribution in [1.29, 1.82) is 0 Å². The average molecular weight is 411 g/mol. The van der Waals surface area contributed by atoms with E-state index in [1.54, 1.807) is 23.7 Å². The molecule has 0 spiro atoms. The second kappa shape index (κ2) is 9.49. The van der Waals surface area contributed by atoms with Gasteiger partial charge in [0.2, 0.25) is 0 Å². The number of carbonyl (C=O) groups is 1. The Morgan fingerprint density at radius 2 is 2.30 bits per heavy atom. The Hall–Kier alpha value is -2.43. The van der Waals surface area contributed by atoms with Crippen LogP contribution in [0.1, 0.15) is 16.8 Å². The Morgan fingerprint density at radius 1 is 1.48 bits per heavy atom. The maximum atomic E-state index is 12.3. The lowest BCUT2D eigenvalue weighted by atomic mass is 10.1. The number of carbonyl (C=O) groups excluding carboxylic acids is 1. The number of nitrogens with zero attached hydrogens (tertiary/aromatic N) is 4.